The Morgan fingerprint density at radius 1 is 1.11 bits per heavy atom. The maximum absolute atomic E-state index is 10.5. The van der Waals surface area contributed by atoms with Gasteiger partial charge >= 0.3 is 0 Å². The van der Waals surface area contributed by atoms with Crippen LogP contribution in [0.15, 0.2) is 60.8 Å². The topological polar surface area (TPSA) is 48.4 Å². The van der Waals surface area contributed by atoms with Crippen molar-refractivity contribution in [2.75, 3.05) is 5.01 Å². The summed E-state index contributed by atoms with van der Waals surface area (Å²) in [6.45, 7) is 3.57. The van der Waals surface area contributed by atoms with Gasteiger partial charge in [0.15, 0.2) is 0 Å². The maximum Gasteiger partial charge on any atom is 0.129 e. The molecule has 0 radical (unpaired) electrons. The molecule has 0 amide bonds. The largest absolute Gasteiger partial charge is 0.388 e. The van der Waals surface area contributed by atoms with E-state index in [2.05, 4.69) is 22.5 Å². The third-order valence-corrected chi connectivity index (χ3v) is 6.24. The number of para-hydroxylation sites is 1. The van der Waals surface area contributed by atoms with Crippen LogP contribution in [-0.2, 0) is 0 Å². The number of aromatic nitrogens is 1. The second-order valence-electron chi connectivity index (χ2n) is 7.13. The number of hydrogen-bond acceptors (Lipinski definition) is 5. The van der Waals surface area contributed by atoms with Crippen LogP contribution in [0.5, 0.6) is 0 Å². The molecule has 3 heterocycles. The average molecular weight is 432 g/mol. The van der Waals surface area contributed by atoms with Crippen LogP contribution >= 0.6 is 34.5 Å². The highest BCUT2D eigenvalue weighted by atomic mass is 35.5. The van der Waals surface area contributed by atoms with Gasteiger partial charge in [0.1, 0.15) is 5.15 Å². The van der Waals surface area contributed by atoms with E-state index in [-0.39, 0.29) is 6.04 Å². The predicted octanol–water partition coefficient (Wildman–Crippen LogP) is 5.62. The van der Waals surface area contributed by atoms with Gasteiger partial charge < -0.3 is 5.11 Å². The van der Waals surface area contributed by atoms with Crippen LogP contribution in [0, 0.1) is 0 Å². The Hall–Kier alpha value is -1.89. The predicted molar refractivity (Wildman–Crippen MR) is 118 cm³/mol. The highest BCUT2D eigenvalue weighted by Gasteiger charge is 2.35. The van der Waals surface area contributed by atoms with E-state index in [1.807, 2.05) is 47.5 Å². The lowest BCUT2D eigenvalue weighted by atomic mass is 9.99. The van der Waals surface area contributed by atoms with E-state index in [1.54, 1.807) is 31.4 Å². The first-order valence-electron chi connectivity index (χ1n) is 8.80. The number of hydrazine groups is 1. The lowest BCUT2D eigenvalue weighted by Crippen LogP contribution is -2.48. The zero-order valence-electron chi connectivity index (χ0n) is 15.4. The first kappa shape index (κ1) is 19.4. The summed E-state index contributed by atoms with van der Waals surface area (Å²) in [6.07, 6.45) is 3.74. The number of hydrogen-bond donors (Lipinski definition) is 2. The van der Waals surface area contributed by atoms with E-state index < -0.39 is 5.60 Å². The summed E-state index contributed by atoms with van der Waals surface area (Å²) in [5, 5.41) is 13.6. The lowest BCUT2D eigenvalue weighted by Gasteiger charge is -2.29. The summed E-state index contributed by atoms with van der Waals surface area (Å²) in [4.78, 5) is 6.19. The molecule has 28 heavy (non-hydrogen) atoms. The van der Waals surface area contributed by atoms with Gasteiger partial charge in [0.25, 0.3) is 0 Å². The Kier molecular flexibility index (Phi) is 5.21. The molecule has 1 aliphatic heterocycles. The smallest absolute Gasteiger partial charge is 0.129 e. The van der Waals surface area contributed by atoms with Crippen LogP contribution < -0.4 is 10.4 Å². The molecule has 2 aromatic heterocycles. The molecule has 0 spiro atoms. The molecule has 1 unspecified atom stereocenters. The van der Waals surface area contributed by atoms with Gasteiger partial charge in [-0.25, -0.2) is 10.4 Å². The third-order valence-electron chi connectivity index (χ3n) is 4.56. The zero-order chi connectivity index (χ0) is 19.9. The number of thiophene rings is 1. The second-order valence-corrected chi connectivity index (χ2v) is 9.01. The number of benzene rings is 1. The molecule has 144 valence electrons. The van der Waals surface area contributed by atoms with E-state index in [4.69, 9.17) is 23.2 Å². The van der Waals surface area contributed by atoms with E-state index in [0.29, 0.717) is 10.2 Å². The molecule has 1 aliphatic rings. The lowest BCUT2D eigenvalue weighted by molar-refractivity contribution is 0.0573. The van der Waals surface area contributed by atoms with Crippen LogP contribution in [0.1, 0.15) is 18.7 Å². The van der Waals surface area contributed by atoms with Crippen LogP contribution in [-0.4, -0.2) is 21.7 Å². The fourth-order valence-electron chi connectivity index (χ4n) is 3.05. The van der Waals surface area contributed by atoms with Crippen LogP contribution in [0.25, 0.3) is 16.1 Å². The van der Waals surface area contributed by atoms with Crippen LogP contribution in [0.4, 0.5) is 5.69 Å². The van der Waals surface area contributed by atoms with Crippen molar-refractivity contribution < 1.29 is 5.11 Å². The minimum atomic E-state index is -0.931. The van der Waals surface area contributed by atoms with E-state index in [0.717, 1.165) is 26.7 Å². The van der Waals surface area contributed by atoms with E-state index >= 15 is 0 Å². The second kappa shape index (κ2) is 7.50. The SMILES string of the molecule is CC(C)(O)C1C=C(c2ccc(-c3ccnc(Cl)c3)s2)N(c2ccccc2Cl)N1. The van der Waals surface area contributed by atoms with Crippen molar-refractivity contribution in [3.63, 3.8) is 0 Å². The van der Waals surface area contributed by atoms with Crippen LogP contribution in [0.2, 0.25) is 10.2 Å². The summed E-state index contributed by atoms with van der Waals surface area (Å²) in [7, 11) is 0. The van der Waals surface area contributed by atoms with Gasteiger partial charge in [0.2, 0.25) is 0 Å². The number of rotatable bonds is 4. The van der Waals surface area contributed by atoms with Gasteiger partial charge in [-0.15, -0.1) is 11.3 Å². The molecule has 1 aromatic carbocycles. The van der Waals surface area contributed by atoms with Gasteiger partial charge in [-0.1, -0.05) is 35.3 Å². The summed E-state index contributed by atoms with van der Waals surface area (Å²) < 4.78 is 0. The van der Waals surface area contributed by atoms with Gasteiger partial charge in [-0.2, -0.15) is 0 Å². The highest BCUT2D eigenvalue weighted by Crippen LogP contribution is 2.40. The van der Waals surface area contributed by atoms with Crippen molar-refractivity contribution in [2.24, 2.45) is 0 Å². The third kappa shape index (κ3) is 3.81. The Labute approximate surface area is 178 Å². The Morgan fingerprint density at radius 3 is 2.57 bits per heavy atom. The Bertz CT molecular complexity index is 1040. The quantitative estimate of drug-likeness (QED) is 0.526. The van der Waals surface area contributed by atoms with Gasteiger partial charge in [-0.05, 0) is 61.9 Å². The average Bonchev–Trinajstić information content (AvgIpc) is 3.29. The molecule has 3 aromatic rings. The molecule has 1 atom stereocenters. The van der Waals surface area contributed by atoms with Crippen molar-refractivity contribution in [1.82, 2.24) is 10.4 Å². The molecule has 4 nitrogen and oxygen atoms in total. The maximum atomic E-state index is 10.5. The number of pyridine rings is 1. The molecule has 2 N–H and O–H groups in total. The van der Waals surface area contributed by atoms with Crippen molar-refractivity contribution in [3.8, 4) is 10.4 Å². The molecule has 0 saturated heterocycles. The Morgan fingerprint density at radius 2 is 1.86 bits per heavy atom. The number of halogens is 2. The molecule has 0 bridgehead atoms. The zero-order valence-corrected chi connectivity index (χ0v) is 17.7. The summed E-state index contributed by atoms with van der Waals surface area (Å²) in [5.41, 5.74) is 5.26. The van der Waals surface area contributed by atoms with Crippen molar-refractivity contribution in [3.05, 3.63) is 75.9 Å². The molecule has 0 fully saturated rings. The highest BCUT2D eigenvalue weighted by molar-refractivity contribution is 7.16. The van der Waals surface area contributed by atoms with Crippen molar-refractivity contribution >= 4 is 45.9 Å². The summed E-state index contributed by atoms with van der Waals surface area (Å²) >= 11 is 14.1. The van der Waals surface area contributed by atoms with Gasteiger partial charge in [0.05, 0.1) is 32.9 Å². The minimum absolute atomic E-state index is 0.250. The summed E-state index contributed by atoms with van der Waals surface area (Å²) in [5.74, 6) is 0. The van der Waals surface area contributed by atoms with E-state index in [9.17, 15) is 5.11 Å². The van der Waals surface area contributed by atoms with Gasteiger partial charge in [-0.3, -0.25) is 5.01 Å². The number of anilines is 1. The first-order valence-corrected chi connectivity index (χ1v) is 10.4. The molecule has 7 heteroatoms. The fourth-order valence-corrected chi connectivity index (χ4v) is 4.46. The minimum Gasteiger partial charge on any atom is -0.388 e. The Balaban J connectivity index is 1.75. The standard InChI is InChI=1S/C21H19Cl2N3OS/c1-21(2,27)19-12-16(26(25-19)15-6-4-3-5-14(15)22)18-8-7-17(28-18)13-9-10-24-20(23)11-13/h3-12,19,25,27H,1-2H3. The molecule has 0 aliphatic carbocycles. The number of nitrogens with one attached hydrogen (secondary N) is 1. The van der Waals surface area contributed by atoms with Crippen LogP contribution in [0.3, 0.4) is 0 Å². The molecular formula is C21H19Cl2N3OS. The van der Waals surface area contributed by atoms with E-state index in [1.165, 1.54) is 0 Å². The number of aliphatic hydroxyl groups is 1. The molecular weight excluding hydrogens is 413 g/mol. The summed E-state index contributed by atoms with van der Waals surface area (Å²) in [6, 6.07) is 15.3. The monoisotopic (exact) mass is 431 g/mol. The van der Waals surface area contributed by atoms with Crippen molar-refractivity contribution in [2.45, 2.75) is 25.5 Å². The first-order chi connectivity index (χ1) is 13.3. The normalized spacial score (nSPS) is 17.1. The molecule has 0 saturated carbocycles. The van der Waals surface area contributed by atoms with Crippen molar-refractivity contribution in [1.29, 1.82) is 0 Å². The molecule has 4 rings (SSSR count). The number of nitrogens with zero attached hydrogens (tertiary/aromatic N) is 2. The fraction of sp³-hybridized carbons (Fsp3) is 0.190. The van der Waals surface area contributed by atoms with Gasteiger partial charge in [0, 0.05) is 11.1 Å².